The topological polar surface area (TPSA) is 141 Å². The Balaban J connectivity index is 0.000000152. The highest BCUT2D eigenvalue weighted by atomic mass is 32.1. The molecule has 5 aromatic rings. The van der Waals surface area contributed by atoms with E-state index in [1.54, 1.807) is 36.6 Å². The number of carbonyl (C=O) groups excluding carboxylic acids is 1. The van der Waals surface area contributed by atoms with Gasteiger partial charge in [0.2, 0.25) is 12.1 Å². The highest BCUT2D eigenvalue weighted by Crippen LogP contribution is 2.36. The lowest BCUT2D eigenvalue weighted by molar-refractivity contribution is 0.0398. The third kappa shape index (κ3) is 4.57. The molecule has 1 amide bonds. The molecule has 0 saturated carbocycles. The van der Waals surface area contributed by atoms with Crippen LogP contribution >= 0.6 is 11.3 Å². The number of fused-ring (bicyclic) bond motifs is 1. The SMILES string of the molecule is COc1cccc(C(N)=O)c1-c1n[nH]c2ccccc12.Cc1cc(C2=NC(c3cccs3)ON2)no1. The van der Waals surface area contributed by atoms with Gasteiger partial charge in [0.05, 0.1) is 28.6 Å². The summed E-state index contributed by atoms with van der Waals surface area (Å²) in [5, 5.41) is 14.0. The van der Waals surface area contributed by atoms with E-state index in [4.69, 9.17) is 19.8 Å². The van der Waals surface area contributed by atoms with Crippen molar-refractivity contribution in [2.45, 2.75) is 13.2 Å². The lowest BCUT2D eigenvalue weighted by Gasteiger charge is -2.10. The van der Waals surface area contributed by atoms with E-state index in [-0.39, 0.29) is 6.23 Å². The molecule has 0 spiro atoms. The molecule has 4 heterocycles. The molecule has 36 heavy (non-hydrogen) atoms. The smallest absolute Gasteiger partial charge is 0.249 e. The Hall–Kier alpha value is -4.48. The number of nitrogens with one attached hydrogen (secondary N) is 2. The Labute approximate surface area is 209 Å². The van der Waals surface area contributed by atoms with Crippen LogP contribution in [-0.4, -0.2) is 34.2 Å². The molecule has 1 unspecified atom stereocenters. The minimum absolute atomic E-state index is 0.285. The van der Waals surface area contributed by atoms with Gasteiger partial charge in [0.25, 0.3) is 0 Å². The molecular formula is C25H22N6O4S. The molecule has 11 heteroatoms. The molecule has 2 aromatic carbocycles. The molecule has 1 aliphatic heterocycles. The molecule has 4 N–H and O–H groups in total. The van der Waals surface area contributed by atoms with Crippen LogP contribution in [0.5, 0.6) is 5.75 Å². The monoisotopic (exact) mass is 502 g/mol. The van der Waals surface area contributed by atoms with Crippen LogP contribution in [0.4, 0.5) is 0 Å². The van der Waals surface area contributed by atoms with Gasteiger partial charge in [0, 0.05) is 11.5 Å². The van der Waals surface area contributed by atoms with Crippen LogP contribution in [0.1, 0.15) is 32.9 Å². The fourth-order valence-corrected chi connectivity index (χ4v) is 4.42. The van der Waals surface area contributed by atoms with E-state index in [1.165, 1.54) is 0 Å². The number of rotatable bonds is 5. The van der Waals surface area contributed by atoms with Crippen LogP contribution in [0.15, 0.2) is 75.6 Å². The molecule has 0 saturated heterocycles. The van der Waals surface area contributed by atoms with Gasteiger partial charge in [-0.2, -0.15) is 5.10 Å². The minimum Gasteiger partial charge on any atom is -0.496 e. The van der Waals surface area contributed by atoms with Gasteiger partial charge in [-0.25, -0.2) is 15.3 Å². The number of para-hydroxylation sites is 1. The van der Waals surface area contributed by atoms with E-state index < -0.39 is 5.91 Å². The number of aryl methyl sites for hydroxylation is 1. The van der Waals surface area contributed by atoms with E-state index >= 15 is 0 Å². The van der Waals surface area contributed by atoms with Gasteiger partial charge in [0.1, 0.15) is 17.2 Å². The van der Waals surface area contributed by atoms with Gasteiger partial charge < -0.3 is 15.0 Å². The van der Waals surface area contributed by atoms with Crippen molar-refractivity contribution in [2.75, 3.05) is 7.11 Å². The largest absolute Gasteiger partial charge is 0.496 e. The second kappa shape index (κ2) is 10.0. The first kappa shape index (κ1) is 23.3. The maximum absolute atomic E-state index is 11.6. The number of H-pyrrole nitrogens is 1. The first-order valence-electron chi connectivity index (χ1n) is 10.9. The van der Waals surface area contributed by atoms with E-state index in [2.05, 4.69) is 25.8 Å². The molecule has 10 nitrogen and oxygen atoms in total. The summed E-state index contributed by atoms with van der Waals surface area (Å²) in [5.41, 5.74) is 11.4. The first-order chi connectivity index (χ1) is 17.5. The number of hydrogen-bond acceptors (Lipinski definition) is 9. The van der Waals surface area contributed by atoms with Crippen LogP contribution in [-0.2, 0) is 4.84 Å². The number of benzene rings is 2. The number of aromatic amines is 1. The number of amides is 1. The zero-order valence-corrected chi connectivity index (χ0v) is 20.2. The number of hydroxylamine groups is 1. The number of aromatic nitrogens is 3. The fraction of sp³-hybridized carbons (Fsp3) is 0.120. The van der Waals surface area contributed by atoms with Crippen LogP contribution in [0.25, 0.3) is 22.2 Å². The third-order valence-electron chi connectivity index (χ3n) is 5.39. The van der Waals surface area contributed by atoms with Crippen molar-refractivity contribution >= 4 is 34.0 Å². The summed E-state index contributed by atoms with van der Waals surface area (Å²) in [5.74, 6) is 1.42. The lowest BCUT2D eigenvalue weighted by Crippen LogP contribution is -2.18. The molecule has 1 atom stereocenters. The Morgan fingerprint density at radius 3 is 2.72 bits per heavy atom. The highest BCUT2D eigenvalue weighted by Gasteiger charge is 2.23. The van der Waals surface area contributed by atoms with Gasteiger partial charge in [-0.05, 0) is 36.6 Å². The van der Waals surface area contributed by atoms with Crippen molar-refractivity contribution in [2.24, 2.45) is 10.7 Å². The fourth-order valence-electron chi connectivity index (χ4n) is 3.74. The number of thiophene rings is 1. The molecule has 0 aliphatic carbocycles. The van der Waals surface area contributed by atoms with Crippen molar-refractivity contribution < 1.29 is 18.9 Å². The van der Waals surface area contributed by atoms with Crippen LogP contribution in [0, 0.1) is 6.92 Å². The summed E-state index contributed by atoms with van der Waals surface area (Å²) in [4.78, 5) is 22.4. The van der Waals surface area contributed by atoms with E-state index in [0.717, 1.165) is 21.5 Å². The number of nitrogens with zero attached hydrogens (tertiary/aromatic N) is 3. The lowest BCUT2D eigenvalue weighted by atomic mass is 10.00. The standard InChI is InChI=1S/C15H13N3O2.C10H9N3O2S/c1-20-12-8-4-6-10(15(16)19)13(12)14-9-5-2-3-7-11(9)17-18-14;1-6-5-7(12-14-6)9-11-10(15-13-9)8-3-2-4-16-8/h2-8H,1H3,(H2,16,19)(H,17,18);2-5,10H,1H3,(H,11,13). The van der Waals surface area contributed by atoms with Gasteiger partial charge in [0.15, 0.2) is 11.5 Å². The van der Waals surface area contributed by atoms with Gasteiger partial charge in [-0.3, -0.25) is 9.89 Å². The summed E-state index contributed by atoms with van der Waals surface area (Å²) in [6.07, 6.45) is -0.285. The maximum Gasteiger partial charge on any atom is 0.249 e. The predicted molar refractivity (Wildman–Crippen MR) is 136 cm³/mol. The summed E-state index contributed by atoms with van der Waals surface area (Å²) in [6, 6.07) is 18.6. The normalized spacial score (nSPS) is 14.6. The van der Waals surface area contributed by atoms with E-state index in [9.17, 15) is 4.79 Å². The Kier molecular flexibility index (Phi) is 6.48. The second-order valence-corrected chi connectivity index (χ2v) is 8.73. The van der Waals surface area contributed by atoms with Gasteiger partial charge >= 0.3 is 0 Å². The second-order valence-electron chi connectivity index (χ2n) is 7.75. The molecular weight excluding hydrogens is 480 g/mol. The third-order valence-corrected chi connectivity index (χ3v) is 6.29. The number of hydrogen-bond donors (Lipinski definition) is 3. The Morgan fingerprint density at radius 1 is 1.14 bits per heavy atom. The van der Waals surface area contributed by atoms with Crippen molar-refractivity contribution in [3.63, 3.8) is 0 Å². The van der Waals surface area contributed by atoms with Crippen LogP contribution in [0.3, 0.4) is 0 Å². The number of amidine groups is 1. The first-order valence-corrected chi connectivity index (χ1v) is 11.8. The molecule has 0 fully saturated rings. The Bertz CT molecular complexity index is 1540. The van der Waals surface area contributed by atoms with Crippen LogP contribution in [0.2, 0.25) is 0 Å². The molecule has 182 valence electrons. The molecule has 6 rings (SSSR count). The maximum atomic E-state index is 11.6. The zero-order chi connectivity index (χ0) is 25.1. The molecule has 0 radical (unpaired) electrons. The predicted octanol–water partition coefficient (Wildman–Crippen LogP) is 4.36. The number of carbonyl (C=O) groups is 1. The van der Waals surface area contributed by atoms with Crippen molar-refractivity contribution in [1.82, 2.24) is 20.8 Å². The average molecular weight is 503 g/mol. The quantitative estimate of drug-likeness (QED) is 0.324. The van der Waals surface area contributed by atoms with E-state index in [1.807, 2.05) is 54.8 Å². The van der Waals surface area contributed by atoms with E-state index in [0.29, 0.717) is 34.1 Å². The Morgan fingerprint density at radius 2 is 2.00 bits per heavy atom. The number of ether oxygens (including phenoxy) is 1. The summed E-state index contributed by atoms with van der Waals surface area (Å²) >= 11 is 1.61. The number of aliphatic imine (C=N–C) groups is 1. The molecule has 3 aromatic heterocycles. The average Bonchev–Trinajstić information content (AvgIpc) is 3.70. The highest BCUT2D eigenvalue weighted by molar-refractivity contribution is 7.10. The number of nitrogens with two attached hydrogens (primary N) is 1. The van der Waals surface area contributed by atoms with Crippen LogP contribution < -0.4 is 16.0 Å². The molecule has 1 aliphatic rings. The van der Waals surface area contributed by atoms with Gasteiger partial charge in [-0.1, -0.05) is 35.5 Å². The molecule has 0 bridgehead atoms. The number of methoxy groups -OCH3 is 1. The zero-order valence-electron chi connectivity index (χ0n) is 19.4. The van der Waals surface area contributed by atoms with Crippen molar-refractivity contribution in [3.8, 4) is 17.0 Å². The summed E-state index contributed by atoms with van der Waals surface area (Å²) < 4.78 is 10.3. The van der Waals surface area contributed by atoms with Crippen molar-refractivity contribution in [3.05, 3.63) is 87.9 Å². The van der Waals surface area contributed by atoms with Crippen molar-refractivity contribution in [1.29, 1.82) is 0 Å². The summed E-state index contributed by atoms with van der Waals surface area (Å²) in [7, 11) is 1.55. The minimum atomic E-state index is -0.508. The number of primary amides is 1. The van der Waals surface area contributed by atoms with Gasteiger partial charge in [-0.15, -0.1) is 11.3 Å². The summed E-state index contributed by atoms with van der Waals surface area (Å²) in [6.45, 7) is 1.84.